The smallest absolute Gasteiger partial charge is 0.173 e. The number of hydrogen-bond donors (Lipinski definition) is 3. The van der Waals surface area contributed by atoms with Crippen molar-refractivity contribution in [2.45, 2.75) is 72.1 Å². The van der Waals surface area contributed by atoms with Crippen LogP contribution in [0.5, 0.6) is 11.5 Å². The lowest BCUT2D eigenvalue weighted by atomic mass is 9.82. The Morgan fingerprint density at radius 3 is 2.41 bits per heavy atom. The Morgan fingerprint density at radius 2 is 1.88 bits per heavy atom. The zero-order valence-corrected chi connectivity index (χ0v) is 21.2. The molecule has 194 valence electrons. The number of ether oxygens (including phenoxy) is 3. The molecule has 0 bridgehead atoms. The lowest BCUT2D eigenvalue weighted by molar-refractivity contribution is 0.0210. The van der Waals surface area contributed by atoms with Crippen LogP contribution >= 0.6 is 0 Å². The topological polar surface area (TPSA) is 98.3 Å². The van der Waals surface area contributed by atoms with Gasteiger partial charge >= 0.3 is 0 Å². The summed E-state index contributed by atoms with van der Waals surface area (Å²) in [7, 11) is 2.04. The molecule has 1 fully saturated rings. The van der Waals surface area contributed by atoms with Gasteiger partial charge in [-0.25, -0.2) is 0 Å². The molecule has 0 spiro atoms. The largest absolute Gasteiger partial charge is 0.496 e. The summed E-state index contributed by atoms with van der Waals surface area (Å²) >= 11 is 0. The Balaban J connectivity index is 0.00000107. The lowest BCUT2D eigenvalue weighted by Crippen LogP contribution is -2.34. The van der Waals surface area contributed by atoms with E-state index in [2.05, 4.69) is 31.2 Å². The van der Waals surface area contributed by atoms with Gasteiger partial charge in [0.1, 0.15) is 11.5 Å². The van der Waals surface area contributed by atoms with E-state index in [1.54, 1.807) is 18.2 Å². The average molecular weight is 486 g/mol. The second-order valence-corrected chi connectivity index (χ2v) is 8.32. The minimum atomic E-state index is -0.250. The summed E-state index contributed by atoms with van der Waals surface area (Å²) in [5, 5.41) is 15.5. The van der Waals surface area contributed by atoms with Crippen LogP contribution in [0.4, 0.5) is 8.78 Å². The molecule has 1 aromatic rings. The highest BCUT2D eigenvalue weighted by atomic mass is 19.1. The molecule has 34 heavy (non-hydrogen) atoms. The molecular formula is C25H41F2N3O4. The zero-order valence-electron chi connectivity index (χ0n) is 21.2. The first-order valence-corrected chi connectivity index (χ1v) is 11.8. The van der Waals surface area contributed by atoms with Crippen molar-refractivity contribution in [1.29, 1.82) is 0 Å². The van der Waals surface area contributed by atoms with Gasteiger partial charge in [0.2, 0.25) is 0 Å². The van der Waals surface area contributed by atoms with Crippen molar-refractivity contribution in [3.8, 4) is 11.5 Å². The van der Waals surface area contributed by atoms with Gasteiger partial charge in [-0.05, 0) is 51.2 Å². The van der Waals surface area contributed by atoms with Crippen molar-refractivity contribution in [2.75, 3.05) is 21.0 Å². The molecular weight excluding hydrogens is 444 g/mol. The predicted octanol–water partition coefficient (Wildman–Crippen LogP) is 5.51. The number of hydrogen-bond acceptors (Lipinski definition) is 6. The Hall–Kier alpha value is -2.71. The molecule has 7 nitrogen and oxygen atoms in total. The number of alkyl halides is 2. The standard InChI is InChI=1S/C22H33N3O4.C2H5F.CH3F/c1-5-18(28-16-10-11-17(21(23)25-26)19(12-16)27-4)20-14(3)24-22(29-20)15-8-6-13(2)7-9-15;1-2-3;1-2/h10-13,15,18,22,24,26H,5-9H2,1-4H3,(H2,23,25);2H2,1H3;1H3. The molecule has 0 saturated heterocycles. The fraction of sp³-hybridized carbons (Fsp3) is 0.640. The third-order valence-corrected chi connectivity index (χ3v) is 5.97. The molecule has 2 aliphatic rings. The number of rotatable bonds is 7. The molecule has 2 unspecified atom stereocenters. The Bertz CT molecular complexity index is 796. The monoisotopic (exact) mass is 485 g/mol. The number of nitrogens with one attached hydrogen (secondary N) is 1. The molecule has 0 amide bonds. The highest BCUT2D eigenvalue weighted by Gasteiger charge is 2.35. The van der Waals surface area contributed by atoms with E-state index in [0.29, 0.717) is 30.2 Å². The van der Waals surface area contributed by atoms with E-state index in [0.717, 1.165) is 23.8 Å². The number of methoxy groups -OCH3 is 1. The highest BCUT2D eigenvalue weighted by molar-refractivity contribution is 5.99. The van der Waals surface area contributed by atoms with Crippen LogP contribution in [0.2, 0.25) is 0 Å². The van der Waals surface area contributed by atoms with Crippen molar-refractivity contribution in [2.24, 2.45) is 22.7 Å². The lowest BCUT2D eigenvalue weighted by Gasteiger charge is -2.31. The van der Waals surface area contributed by atoms with Crippen LogP contribution in [0.3, 0.4) is 0 Å². The summed E-state index contributed by atoms with van der Waals surface area (Å²) in [4.78, 5) is 0. The Labute approximate surface area is 202 Å². The number of amidine groups is 1. The summed E-state index contributed by atoms with van der Waals surface area (Å²) in [5.41, 5.74) is 7.26. The second kappa shape index (κ2) is 15.2. The first-order valence-electron chi connectivity index (χ1n) is 11.8. The molecule has 0 aromatic heterocycles. The van der Waals surface area contributed by atoms with Gasteiger partial charge < -0.3 is 30.5 Å². The molecule has 1 aliphatic carbocycles. The molecule has 1 saturated carbocycles. The van der Waals surface area contributed by atoms with Crippen molar-refractivity contribution in [1.82, 2.24) is 5.32 Å². The van der Waals surface area contributed by atoms with Crippen LogP contribution in [0.15, 0.2) is 34.8 Å². The van der Waals surface area contributed by atoms with E-state index >= 15 is 0 Å². The zero-order chi connectivity index (χ0) is 25.7. The summed E-state index contributed by atoms with van der Waals surface area (Å²) in [6, 6.07) is 5.25. The average Bonchev–Trinajstić information content (AvgIpc) is 3.25. The van der Waals surface area contributed by atoms with Gasteiger partial charge in [-0.15, -0.1) is 0 Å². The third-order valence-electron chi connectivity index (χ3n) is 5.97. The molecule has 1 aliphatic heterocycles. The number of nitrogens with zero attached hydrogens (tertiary/aromatic N) is 1. The maximum Gasteiger partial charge on any atom is 0.173 e. The van der Waals surface area contributed by atoms with Crippen LogP contribution < -0.4 is 20.5 Å². The molecule has 9 heteroatoms. The highest BCUT2D eigenvalue weighted by Crippen LogP contribution is 2.36. The van der Waals surface area contributed by atoms with Crippen molar-refractivity contribution >= 4 is 5.84 Å². The van der Waals surface area contributed by atoms with Gasteiger partial charge in [-0.2, -0.15) is 0 Å². The number of allylic oxidation sites excluding steroid dienone is 1. The van der Waals surface area contributed by atoms with Gasteiger partial charge in [0.05, 0.1) is 32.2 Å². The molecule has 2 atom stereocenters. The maximum atomic E-state index is 10.3. The number of nitrogens with two attached hydrogens (primary N) is 1. The van der Waals surface area contributed by atoms with E-state index in [9.17, 15) is 8.78 Å². The van der Waals surface area contributed by atoms with Crippen LogP contribution in [0.1, 0.15) is 65.4 Å². The summed E-state index contributed by atoms with van der Waals surface area (Å²) in [6.07, 6.45) is 5.53. The van der Waals surface area contributed by atoms with Crippen LogP contribution in [-0.4, -0.2) is 44.3 Å². The van der Waals surface area contributed by atoms with E-state index in [4.69, 9.17) is 25.2 Å². The van der Waals surface area contributed by atoms with Crippen molar-refractivity contribution in [3.63, 3.8) is 0 Å². The Kier molecular flexibility index (Phi) is 13.1. The van der Waals surface area contributed by atoms with E-state index in [1.165, 1.54) is 39.7 Å². The normalized spacial score (nSPS) is 22.8. The van der Waals surface area contributed by atoms with E-state index in [-0.39, 0.29) is 24.8 Å². The molecule has 1 aromatic carbocycles. The first kappa shape index (κ1) is 29.3. The van der Waals surface area contributed by atoms with Gasteiger partial charge in [0.25, 0.3) is 0 Å². The first-order chi connectivity index (χ1) is 16.4. The fourth-order valence-electron chi connectivity index (χ4n) is 4.16. The van der Waals surface area contributed by atoms with Gasteiger partial charge in [0.15, 0.2) is 23.9 Å². The van der Waals surface area contributed by atoms with E-state index in [1.807, 2.05) is 0 Å². The van der Waals surface area contributed by atoms with Crippen molar-refractivity contribution in [3.05, 3.63) is 35.2 Å². The molecule has 3 rings (SSSR count). The summed E-state index contributed by atoms with van der Waals surface area (Å²) in [6.45, 7) is 7.66. The maximum absolute atomic E-state index is 10.3. The Morgan fingerprint density at radius 1 is 1.26 bits per heavy atom. The number of halogens is 2. The second-order valence-electron chi connectivity index (χ2n) is 8.32. The minimum Gasteiger partial charge on any atom is -0.496 e. The van der Waals surface area contributed by atoms with E-state index < -0.39 is 0 Å². The molecule has 0 radical (unpaired) electrons. The van der Waals surface area contributed by atoms with Crippen molar-refractivity contribution < 1.29 is 28.2 Å². The summed E-state index contributed by atoms with van der Waals surface area (Å²) < 4.78 is 37.7. The quantitative estimate of drug-likeness (QED) is 0.204. The van der Waals surface area contributed by atoms with Crippen LogP contribution in [0, 0.1) is 11.8 Å². The predicted molar refractivity (Wildman–Crippen MR) is 131 cm³/mol. The van der Waals surface area contributed by atoms with Gasteiger partial charge in [0, 0.05) is 12.0 Å². The molecule has 1 heterocycles. The van der Waals surface area contributed by atoms with Crippen LogP contribution in [0.25, 0.3) is 0 Å². The van der Waals surface area contributed by atoms with Gasteiger partial charge in [-0.1, -0.05) is 31.8 Å². The minimum absolute atomic E-state index is 0.00744. The number of benzene rings is 1. The third kappa shape index (κ3) is 7.95. The summed E-state index contributed by atoms with van der Waals surface area (Å²) in [5.74, 6) is 3.34. The van der Waals surface area contributed by atoms with Gasteiger partial charge in [-0.3, -0.25) is 8.78 Å². The SMILES string of the molecule is CCC(Oc1ccc(/C(N)=N/O)c(OC)c1)C1=C(C)NC(C2CCC(C)CC2)O1.CCF.CF. The number of oxime groups is 1. The van der Waals surface area contributed by atoms with Crippen LogP contribution in [-0.2, 0) is 4.74 Å². The molecule has 4 N–H and O–H groups in total. The fourth-order valence-corrected chi connectivity index (χ4v) is 4.16.